The summed E-state index contributed by atoms with van der Waals surface area (Å²) in [6, 6.07) is 9.91. The van der Waals surface area contributed by atoms with Crippen LogP contribution >= 0.6 is 0 Å². The van der Waals surface area contributed by atoms with Crippen molar-refractivity contribution in [3.63, 3.8) is 0 Å². The molecule has 0 aliphatic heterocycles. The quantitative estimate of drug-likeness (QED) is 0.472. The van der Waals surface area contributed by atoms with Crippen LogP contribution in [0.2, 0.25) is 0 Å². The van der Waals surface area contributed by atoms with E-state index in [2.05, 4.69) is 10.1 Å². The minimum atomic E-state index is -4.53. The molecule has 1 unspecified atom stereocenters. The van der Waals surface area contributed by atoms with Crippen molar-refractivity contribution >= 4 is 11.6 Å². The van der Waals surface area contributed by atoms with Crippen LogP contribution in [-0.4, -0.2) is 33.8 Å². The number of fused-ring (bicyclic) bond motifs is 1. The third-order valence-corrected chi connectivity index (χ3v) is 5.93. The van der Waals surface area contributed by atoms with E-state index in [1.54, 1.807) is 49.6 Å². The molecule has 4 rings (SSSR count). The molecule has 2 heterocycles. The molecule has 1 aliphatic rings. The molecule has 1 aliphatic carbocycles. The Morgan fingerprint density at radius 1 is 1.24 bits per heavy atom. The van der Waals surface area contributed by atoms with Gasteiger partial charge in [-0.3, -0.25) is 4.79 Å². The predicted octanol–water partition coefficient (Wildman–Crippen LogP) is 5.79. The van der Waals surface area contributed by atoms with E-state index < -0.39 is 11.9 Å². The molecule has 180 valence electrons. The van der Waals surface area contributed by atoms with E-state index in [1.807, 2.05) is 20.8 Å². The smallest absolute Gasteiger partial charge is 0.435 e. The number of aromatic nitrogens is 3. The summed E-state index contributed by atoms with van der Waals surface area (Å²) in [4.78, 5) is 18.8. The number of ether oxygens (including phenoxy) is 1. The number of halogens is 3. The van der Waals surface area contributed by atoms with Crippen LogP contribution in [0.5, 0.6) is 5.88 Å². The molecule has 1 atom stereocenters. The van der Waals surface area contributed by atoms with Crippen LogP contribution in [0.25, 0.3) is 5.69 Å². The fraction of sp³-hybridized carbons (Fsp3) is 0.400. The highest BCUT2D eigenvalue weighted by Crippen LogP contribution is 2.40. The molecule has 3 aromatic rings. The summed E-state index contributed by atoms with van der Waals surface area (Å²) in [5.41, 5.74) is 1.35. The Bertz CT molecular complexity index is 1200. The van der Waals surface area contributed by atoms with Gasteiger partial charge in [-0.2, -0.15) is 18.3 Å². The summed E-state index contributed by atoms with van der Waals surface area (Å²) in [5, 5.41) is 3.97. The normalized spacial score (nSPS) is 15.8. The maximum atomic E-state index is 13.7. The lowest BCUT2D eigenvalue weighted by Crippen LogP contribution is -2.26. The van der Waals surface area contributed by atoms with Gasteiger partial charge in [-0.05, 0) is 63.3 Å². The van der Waals surface area contributed by atoms with E-state index in [0.29, 0.717) is 41.4 Å². The summed E-state index contributed by atoms with van der Waals surface area (Å²) in [7, 11) is 1.63. The molecule has 34 heavy (non-hydrogen) atoms. The van der Waals surface area contributed by atoms with Crippen molar-refractivity contribution < 1.29 is 22.7 Å². The number of carbonyl (C=O) groups is 1. The first kappa shape index (κ1) is 23.8. The maximum Gasteiger partial charge on any atom is 0.435 e. The molecule has 0 radical (unpaired) electrons. The van der Waals surface area contributed by atoms with Gasteiger partial charge >= 0.3 is 6.18 Å². The van der Waals surface area contributed by atoms with Crippen molar-refractivity contribution in [2.45, 2.75) is 58.2 Å². The summed E-state index contributed by atoms with van der Waals surface area (Å²) in [6.07, 6.45) is -1.20. The molecule has 0 saturated heterocycles. The summed E-state index contributed by atoms with van der Waals surface area (Å²) in [5.74, 6) is 0.0250. The lowest BCUT2D eigenvalue weighted by molar-refractivity contribution is -0.142. The standard InChI is InChI=1S/C25H27F3N4O2/c1-15(2)34-21-14-18(11-12-29-21)31(4)24(33)17-8-6-9-19(13-17)32-22-16(3)7-5-10-20(22)23(30-32)25(26,27)28/h6,8-9,11-16H,5,7,10H2,1-4H3. The molecular formula is C25H27F3N4O2. The Balaban J connectivity index is 1.69. The van der Waals surface area contributed by atoms with Gasteiger partial charge in [0.2, 0.25) is 5.88 Å². The van der Waals surface area contributed by atoms with Crippen LogP contribution in [0.15, 0.2) is 42.6 Å². The van der Waals surface area contributed by atoms with Gasteiger partial charge in [-0.15, -0.1) is 0 Å². The zero-order valence-corrected chi connectivity index (χ0v) is 19.6. The molecule has 9 heteroatoms. The second-order valence-corrected chi connectivity index (χ2v) is 8.85. The predicted molar refractivity (Wildman–Crippen MR) is 123 cm³/mol. The molecule has 2 aromatic heterocycles. The van der Waals surface area contributed by atoms with Gasteiger partial charge < -0.3 is 9.64 Å². The lowest BCUT2D eigenvalue weighted by Gasteiger charge is -2.22. The molecule has 0 fully saturated rings. The third-order valence-electron chi connectivity index (χ3n) is 5.93. The van der Waals surface area contributed by atoms with E-state index in [0.717, 1.165) is 6.42 Å². The summed E-state index contributed by atoms with van der Waals surface area (Å²) in [6.45, 7) is 5.68. The Labute approximate surface area is 196 Å². The van der Waals surface area contributed by atoms with Crippen molar-refractivity contribution in [2.24, 2.45) is 0 Å². The molecular weight excluding hydrogens is 445 g/mol. The largest absolute Gasteiger partial charge is 0.475 e. The van der Waals surface area contributed by atoms with Gasteiger partial charge in [0.1, 0.15) is 0 Å². The second-order valence-electron chi connectivity index (χ2n) is 8.85. The van der Waals surface area contributed by atoms with Gasteiger partial charge in [0.15, 0.2) is 5.69 Å². The van der Waals surface area contributed by atoms with Crippen molar-refractivity contribution in [1.82, 2.24) is 14.8 Å². The van der Waals surface area contributed by atoms with E-state index >= 15 is 0 Å². The number of nitrogens with zero attached hydrogens (tertiary/aromatic N) is 4. The summed E-state index contributed by atoms with van der Waals surface area (Å²) >= 11 is 0. The van der Waals surface area contributed by atoms with Crippen LogP contribution in [-0.2, 0) is 12.6 Å². The van der Waals surface area contributed by atoms with Crippen LogP contribution in [0.3, 0.4) is 0 Å². The van der Waals surface area contributed by atoms with E-state index in [1.165, 1.54) is 9.58 Å². The molecule has 0 spiro atoms. The molecule has 0 bridgehead atoms. The number of rotatable bonds is 5. The number of pyridine rings is 1. The van der Waals surface area contributed by atoms with Crippen LogP contribution < -0.4 is 9.64 Å². The molecule has 0 saturated carbocycles. The van der Waals surface area contributed by atoms with Gasteiger partial charge in [0.05, 0.1) is 23.2 Å². The minimum absolute atomic E-state index is 0.0643. The lowest BCUT2D eigenvalue weighted by atomic mass is 9.87. The number of carbonyl (C=O) groups excluding carboxylic acids is 1. The van der Waals surface area contributed by atoms with Gasteiger partial charge in [-0.25, -0.2) is 9.67 Å². The molecule has 1 amide bonds. The third kappa shape index (κ3) is 4.64. The highest BCUT2D eigenvalue weighted by molar-refractivity contribution is 6.06. The van der Waals surface area contributed by atoms with E-state index in [4.69, 9.17) is 4.74 Å². The molecule has 6 nitrogen and oxygen atoms in total. The fourth-order valence-corrected chi connectivity index (χ4v) is 4.36. The Morgan fingerprint density at radius 3 is 2.71 bits per heavy atom. The first-order valence-electron chi connectivity index (χ1n) is 11.3. The number of alkyl halides is 3. The summed E-state index contributed by atoms with van der Waals surface area (Å²) < 4.78 is 48.0. The Hall–Kier alpha value is -3.36. The zero-order valence-electron chi connectivity index (χ0n) is 19.6. The van der Waals surface area contributed by atoms with E-state index in [-0.39, 0.29) is 23.5 Å². The second kappa shape index (κ2) is 9.12. The highest BCUT2D eigenvalue weighted by Gasteiger charge is 2.41. The monoisotopic (exact) mass is 472 g/mol. The van der Waals surface area contributed by atoms with Gasteiger partial charge in [0.25, 0.3) is 5.91 Å². The average molecular weight is 473 g/mol. The van der Waals surface area contributed by atoms with Crippen molar-refractivity contribution in [3.05, 3.63) is 65.1 Å². The van der Waals surface area contributed by atoms with Crippen LogP contribution in [0, 0.1) is 0 Å². The average Bonchev–Trinajstić information content (AvgIpc) is 3.20. The van der Waals surface area contributed by atoms with Gasteiger partial charge in [0, 0.05) is 30.4 Å². The zero-order chi connectivity index (χ0) is 24.6. The number of benzene rings is 1. The van der Waals surface area contributed by atoms with Crippen molar-refractivity contribution in [2.75, 3.05) is 11.9 Å². The van der Waals surface area contributed by atoms with Gasteiger partial charge in [-0.1, -0.05) is 13.0 Å². The molecule has 0 N–H and O–H groups in total. The Morgan fingerprint density at radius 2 is 2.00 bits per heavy atom. The Kier molecular flexibility index (Phi) is 6.38. The first-order valence-corrected chi connectivity index (χ1v) is 11.3. The first-order chi connectivity index (χ1) is 16.1. The molecule has 1 aromatic carbocycles. The van der Waals surface area contributed by atoms with E-state index in [9.17, 15) is 18.0 Å². The number of amides is 1. The topological polar surface area (TPSA) is 60.2 Å². The van der Waals surface area contributed by atoms with Crippen molar-refractivity contribution in [3.8, 4) is 11.6 Å². The number of anilines is 1. The number of hydrogen-bond donors (Lipinski definition) is 0. The maximum absolute atomic E-state index is 13.7. The van der Waals surface area contributed by atoms with Crippen LogP contribution in [0.1, 0.15) is 66.8 Å². The SMILES string of the molecule is CC(C)Oc1cc(N(C)C(=O)c2cccc(-n3nc(C(F)(F)F)c4c3C(C)CCC4)c2)ccn1. The number of hydrogen-bond acceptors (Lipinski definition) is 4. The van der Waals surface area contributed by atoms with Crippen LogP contribution in [0.4, 0.5) is 18.9 Å². The minimum Gasteiger partial charge on any atom is -0.475 e. The van der Waals surface area contributed by atoms with Crippen molar-refractivity contribution in [1.29, 1.82) is 0 Å². The highest BCUT2D eigenvalue weighted by atomic mass is 19.4. The fourth-order valence-electron chi connectivity index (χ4n) is 4.36.